The van der Waals surface area contributed by atoms with Gasteiger partial charge in [0.1, 0.15) is 0 Å². The summed E-state index contributed by atoms with van der Waals surface area (Å²) in [5.74, 6) is 0.0341. The molecule has 1 saturated heterocycles. The van der Waals surface area contributed by atoms with Crippen molar-refractivity contribution in [1.29, 1.82) is 0 Å². The Bertz CT molecular complexity index is 852. The van der Waals surface area contributed by atoms with Crippen LogP contribution in [0.2, 0.25) is 5.02 Å². The number of ether oxygens (including phenoxy) is 1. The highest BCUT2D eigenvalue weighted by Crippen LogP contribution is 2.44. The van der Waals surface area contributed by atoms with E-state index in [0.29, 0.717) is 17.9 Å². The topological polar surface area (TPSA) is 84.6 Å². The molecule has 1 amide bonds. The van der Waals surface area contributed by atoms with Gasteiger partial charge in [0.2, 0.25) is 0 Å². The van der Waals surface area contributed by atoms with Gasteiger partial charge in [-0.25, -0.2) is 4.79 Å². The van der Waals surface area contributed by atoms with E-state index < -0.39 is 11.7 Å². The Balaban J connectivity index is 2.03. The molecule has 4 N–H and O–H groups in total. The van der Waals surface area contributed by atoms with Crippen LogP contribution in [0.15, 0.2) is 42.5 Å². The molecular formula is C23H29ClN2O3. The van der Waals surface area contributed by atoms with Crippen LogP contribution in [0.5, 0.6) is 0 Å². The van der Waals surface area contributed by atoms with E-state index in [9.17, 15) is 9.90 Å². The number of aliphatic hydroxyl groups is 1. The molecule has 2 atom stereocenters. The highest BCUT2D eigenvalue weighted by atomic mass is 35.5. The summed E-state index contributed by atoms with van der Waals surface area (Å²) in [5.41, 5.74) is 7.78. The quantitative estimate of drug-likeness (QED) is 0.585. The van der Waals surface area contributed by atoms with Crippen LogP contribution in [0.25, 0.3) is 11.1 Å². The van der Waals surface area contributed by atoms with E-state index in [1.165, 1.54) is 0 Å². The zero-order chi connectivity index (χ0) is 20.9. The monoisotopic (exact) mass is 416 g/mol. The molecule has 3 rings (SSSR count). The van der Waals surface area contributed by atoms with Gasteiger partial charge in [-0.3, -0.25) is 0 Å². The van der Waals surface area contributed by atoms with Crippen LogP contribution < -0.4 is 11.1 Å². The Morgan fingerprint density at radius 3 is 2.83 bits per heavy atom. The van der Waals surface area contributed by atoms with E-state index in [0.717, 1.165) is 48.2 Å². The number of hydrogen-bond donors (Lipinski definition) is 3. The first kappa shape index (κ1) is 21.6. The van der Waals surface area contributed by atoms with E-state index in [1.54, 1.807) is 0 Å². The highest BCUT2D eigenvalue weighted by Gasteiger charge is 2.40. The summed E-state index contributed by atoms with van der Waals surface area (Å²) >= 11 is 6.65. The first-order chi connectivity index (χ1) is 13.9. The van der Waals surface area contributed by atoms with Crippen molar-refractivity contribution in [3.8, 4) is 11.1 Å². The number of aryl methyl sites for hydroxylation is 1. The largest absolute Gasteiger partial charge is 0.450 e. The van der Waals surface area contributed by atoms with Crippen molar-refractivity contribution in [1.82, 2.24) is 5.32 Å². The van der Waals surface area contributed by atoms with Gasteiger partial charge in [0.25, 0.3) is 0 Å². The first-order valence-corrected chi connectivity index (χ1v) is 10.5. The number of hydrogen-bond acceptors (Lipinski definition) is 4. The number of carbonyl (C=O) groups is 1. The van der Waals surface area contributed by atoms with Crippen LogP contribution in [-0.4, -0.2) is 30.9 Å². The van der Waals surface area contributed by atoms with Crippen molar-refractivity contribution >= 4 is 17.7 Å². The number of benzene rings is 2. The molecular weight excluding hydrogens is 388 g/mol. The summed E-state index contributed by atoms with van der Waals surface area (Å²) in [7, 11) is 0. The lowest BCUT2D eigenvalue weighted by molar-refractivity contribution is -0.0446. The number of rotatable bonds is 7. The molecule has 156 valence electrons. The fourth-order valence-electron chi connectivity index (χ4n) is 4.31. The van der Waals surface area contributed by atoms with Crippen LogP contribution >= 0.6 is 11.6 Å². The van der Waals surface area contributed by atoms with Gasteiger partial charge in [-0.1, -0.05) is 53.6 Å². The second-order valence-corrected chi connectivity index (χ2v) is 8.18. The number of amides is 1. The van der Waals surface area contributed by atoms with E-state index in [2.05, 4.69) is 11.4 Å². The number of nitrogens with two attached hydrogens (primary N) is 1. The molecule has 0 spiro atoms. The normalized spacial score (nSPS) is 18.8. The van der Waals surface area contributed by atoms with E-state index in [1.807, 2.05) is 43.3 Å². The predicted octanol–water partition coefficient (Wildman–Crippen LogP) is 4.38. The lowest BCUT2D eigenvalue weighted by atomic mass is 9.72. The number of primary amides is 1. The molecule has 1 aliphatic rings. The molecule has 0 aromatic heterocycles. The maximum absolute atomic E-state index is 12.0. The zero-order valence-electron chi connectivity index (χ0n) is 16.8. The Hall–Kier alpha value is -2.08. The molecule has 2 aromatic rings. The van der Waals surface area contributed by atoms with Crippen LogP contribution in [0, 0.1) is 12.8 Å². The Kier molecular flexibility index (Phi) is 7.17. The lowest BCUT2D eigenvalue weighted by Gasteiger charge is -2.40. The molecule has 5 nitrogen and oxygen atoms in total. The van der Waals surface area contributed by atoms with Gasteiger partial charge in [0, 0.05) is 23.0 Å². The number of halogens is 1. The first-order valence-electron chi connectivity index (χ1n) is 10.1. The van der Waals surface area contributed by atoms with E-state index >= 15 is 0 Å². The SMILES string of the molecule is Cc1cccc(-c2c(Cl)cccc2C(O)(CCCOC(N)=O)C2CCCNC2)c1. The van der Waals surface area contributed by atoms with Gasteiger partial charge in [-0.15, -0.1) is 0 Å². The molecule has 0 saturated carbocycles. The third-order valence-electron chi connectivity index (χ3n) is 5.71. The minimum absolute atomic E-state index is 0.0341. The van der Waals surface area contributed by atoms with Crippen molar-refractivity contribution in [3.63, 3.8) is 0 Å². The number of carbonyl (C=O) groups excluding carboxylic acids is 1. The van der Waals surface area contributed by atoms with Crippen molar-refractivity contribution in [2.75, 3.05) is 19.7 Å². The maximum atomic E-state index is 12.0. The molecule has 1 heterocycles. The van der Waals surface area contributed by atoms with Crippen LogP contribution in [0.3, 0.4) is 0 Å². The molecule has 2 aromatic carbocycles. The average molecular weight is 417 g/mol. The summed E-state index contributed by atoms with van der Waals surface area (Å²) in [6, 6.07) is 13.9. The van der Waals surface area contributed by atoms with Gasteiger partial charge in [0.05, 0.1) is 12.2 Å². The average Bonchev–Trinajstić information content (AvgIpc) is 2.71. The zero-order valence-corrected chi connectivity index (χ0v) is 17.5. The third kappa shape index (κ3) is 5.10. The molecule has 0 aliphatic carbocycles. The highest BCUT2D eigenvalue weighted by molar-refractivity contribution is 6.33. The van der Waals surface area contributed by atoms with Gasteiger partial charge >= 0.3 is 6.09 Å². The number of piperidine rings is 1. The minimum Gasteiger partial charge on any atom is -0.450 e. The van der Waals surface area contributed by atoms with E-state index in [4.69, 9.17) is 22.1 Å². The van der Waals surface area contributed by atoms with Crippen LogP contribution in [-0.2, 0) is 10.3 Å². The Morgan fingerprint density at radius 1 is 1.34 bits per heavy atom. The molecule has 1 aliphatic heterocycles. The molecule has 29 heavy (non-hydrogen) atoms. The van der Waals surface area contributed by atoms with Crippen LogP contribution in [0.4, 0.5) is 4.79 Å². The Labute approximate surface area is 177 Å². The molecule has 2 unspecified atom stereocenters. The van der Waals surface area contributed by atoms with Gasteiger partial charge in [-0.2, -0.15) is 0 Å². The number of nitrogens with one attached hydrogen (secondary N) is 1. The van der Waals surface area contributed by atoms with Crippen molar-refractivity contribution in [2.24, 2.45) is 11.7 Å². The van der Waals surface area contributed by atoms with Crippen molar-refractivity contribution < 1.29 is 14.6 Å². The summed E-state index contributed by atoms with van der Waals surface area (Å²) in [4.78, 5) is 10.9. The van der Waals surface area contributed by atoms with Crippen LogP contribution in [0.1, 0.15) is 36.8 Å². The molecule has 6 heteroatoms. The summed E-state index contributed by atoms with van der Waals surface area (Å²) in [6.07, 6.45) is 2.09. The lowest BCUT2D eigenvalue weighted by Crippen LogP contribution is -2.44. The van der Waals surface area contributed by atoms with Crippen molar-refractivity contribution in [2.45, 2.75) is 38.2 Å². The third-order valence-corrected chi connectivity index (χ3v) is 6.02. The molecule has 0 bridgehead atoms. The van der Waals surface area contributed by atoms with Gasteiger partial charge < -0.3 is 20.9 Å². The van der Waals surface area contributed by atoms with Crippen molar-refractivity contribution in [3.05, 3.63) is 58.6 Å². The standard InChI is InChI=1S/C23H29ClN2O3/c1-16-6-2-7-17(14-16)21-19(9-3-10-20(21)24)23(28,11-5-13-29-22(25)27)18-8-4-12-26-15-18/h2-3,6-7,9-10,14,18,26,28H,4-5,8,11-13,15H2,1H3,(H2,25,27). The summed E-state index contributed by atoms with van der Waals surface area (Å²) < 4.78 is 4.90. The van der Waals surface area contributed by atoms with Gasteiger partial charge in [-0.05, 0) is 56.3 Å². The molecule has 0 radical (unpaired) electrons. The second-order valence-electron chi connectivity index (χ2n) is 7.77. The Morgan fingerprint density at radius 2 is 2.14 bits per heavy atom. The summed E-state index contributed by atoms with van der Waals surface area (Å²) in [6.45, 7) is 3.90. The minimum atomic E-state index is -1.10. The fourth-order valence-corrected chi connectivity index (χ4v) is 4.60. The maximum Gasteiger partial charge on any atom is 0.404 e. The predicted molar refractivity (Wildman–Crippen MR) is 116 cm³/mol. The smallest absolute Gasteiger partial charge is 0.404 e. The van der Waals surface area contributed by atoms with Gasteiger partial charge in [0.15, 0.2) is 0 Å². The van der Waals surface area contributed by atoms with E-state index in [-0.39, 0.29) is 12.5 Å². The summed E-state index contributed by atoms with van der Waals surface area (Å²) in [5, 5.41) is 16.1. The second kappa shape index (κ2) is 9.61. The molecule has 1 fully saturated rings. The fraction of sp³-hybridized carbons (Fsp3) is 0.435.